The average molecular weight is 130 g/mol. The zero-order valence-electron chi connectivity index (χ0n) is 6.65. The van der Waals surface area contributed by atoms with Crippen molar-refractivity contribution in [3.8, 4) is 0 Å². The van der Waals surface area contributed by atoms with Crippen molar-refractivity contribution >= 4 is 0 Å². The molecule has 0 heterocycles. The minimum absolute atomic E-state index is 0.495. The summed E-state index contributed by atoms with van der Waals surface area (Å²) in [6.07, 6.45) is 1.20. The van der Waals surface area contributed by atoms with E-state index in [-0.39, 0.29) is 0 Å². The van der Waals surface area contributed by atoms with Gasteiger partial charge in [0.15, 0.2) is 0 Å². The molecule has 0 saturated carbocycles. The number of rotatable bonds is 4. The molecule has 0 aromatic carbocycles. The van der Waals surface area contributed by atoms with E-state index >= 15 is 0 Å². The predicted octanol–water partition coefficient (Wildman–Crippen LogP) is 0.579. The van der Waals surface area contributed by atoms with E-state index in [0.29, 0.717) is 12.0 Å². The molecule has 0 aliphatic carbocycles. The summed E-state index contributed by atoms with van der Waals surface area (Å²) in [7, 11) is 1.96. The molecule has 0 aliphatic rings. The van der Waals surface area contributed by atoms with E-state index in [1.807, 2.05) is 7.05 Å². The van der Waals surface area contributed by atoms with Gasteiger partial charge in [-0.2, -0.15) is 0 Å². The zero-order valence-corrected chi connectivity index (χ0v) is 6.65. The Morgan fingerprint density at radius 1 is 1.56 bits per heavy atom. The quantitative estimate of drug-likeness (QED) is 0.584. The van der Waals surface area contributed by atoms with Crippen LogP contribution in [0.4, 0.5) is 0 Å². The van der Waals surface area contributed by atoms with Crippen LogP contribution in [0.25, 0.3) is 0 Å². The molecule has 0 aromatic heterocycles. The Balaban J connectivity index is 3.50. The Bertz CT molecular complexity index is 59.9. The van der Waals surface area contributed by atoms with E-state index in [1.165, 1.54) is 6.42 Å². The molecule has 0 radical (unpaired) electrons. The summed E-state index contributed by atoms with van der Waals surface area (Å²) in [6, 6.07) is 0.495. The lowest BCUT2D eigenvalue weighted by atomic mass is 10.00. The lowest BCUT2D eigenvalue weighted by molar-refractivity contribution is 0.396. The summed E-state index contributed by atoms with van der Waals surface area (Å²) >= 11 is 0. The standard InChI is InChI=1S/C7H18N2/c1-4-6(2)7(5-8)9-3/h6-7,9H,4-5,8H2,1-3H3/t6-,7-/m0/s1. The van der Waals surface area contributed by atoms with Crippen molar-refractivity contribution in [1.82, 2.24) is 5.32 Å². The first-order valence-electron chi connectivity index (χ1n) is 3.63. The highest BCUT2D eigenvalue weighted by Crippen LogP contribution is 2.04. The van der Waals surface area contributed by atoms with Crippen LogP contribution in [0.2, 0.25) is 0 Å². The Morgan fingerprint density at radius 3 is 2.22 bits per heavy atom. The van der Waals surface area contributed by atoms with Crippen molar-refractivity contribution in [2.75, 3.05) is 13.6 Å². The molecule has 0 rings (SSSR count). The highest BCUT2D eigenvalue weighted by atomic mass is 14.9. The molecule has 56 valence electrons. The summed E-state index contributed by atoms with van der Waals surface area (Å²) < 4.78 is 0. The van der Waals surface area contributed by atoms with Gasteiger partial charge < -0.3 is 11.1 Å². The Kier molecular flexibility index (Phi) is 4.72. The summed E-state index contributed by atoms with van der Waals surface area (Å²) in [5.74, 6) is 0.694. The van der Waals surface area contributed by atoms with Crippen LogP contribution in [-0.4, -0.2) is 19.6 Å². The first kappa shape index (κ1) is 8.92. The molecule has 0 amide bonds. The molecular weight excluding hydrogens is 112 g/mol. The fourth-order valence-corrected chi connectivity index (χ4v) is 0.919. The van der Waals surface area contributed by atoms with Gasteiger partial charge in [-0.15, -0.1) is 0 Å². The van der Waals surface area contributed by atoms with E-state index < -0.39 is 0 Å². The molecule has 2 nitrogen and oxygen atoms in total. The average Bonchev–Trinajstić information content (AvgIpc) is 1.90. The first-order chi connectivity index (χ1) is 4.26. The number of likely N-dealkylation sites (N-methyl/N-ethyl adjacent to an activating group) is 1. The van der Waals surface area contributed by atoms with Crippen LogP contribution >= 0.6 is 0 Å². The van der Waals surface area contributed by atoms with Crippen LogP contribution in [0.15, 0.2) is 0 Å². The van der Waals surface area contributed by atoms with Crippen molar-refractivity contribution < 1.29 is 0 Å². The second-order valence-electron chi connectivity index (χ2n) is 2.52. The minimum Gasteiger partial charge on any atom is -0.329 e. The third kappa shape index (κ3) is 2.82. The SMILES string of the molecule is CC[C@H](C)[C@H](CN)NC. The minimum atomic E-state index is 0.495. The smallest absolute Gasteiger partial charge is 0.0212 e. The maximum Gasteiger partial charge on any atom is 0.0212 e. The summed E-state index contributed by atoms with van der Waals surface area (Å²) in [6.45, 7) is 5.14. The van der Waals surface area contributed by atoms with Crippen LogP contribution < -0.4 is 11.1 Å². The van der Waals surface area contributed by atoms with Crippen molar-refractivity contribution in [3.63, 3.8) is 0 Å². The van der Waals surface area contributed by atoms with Crippen LogP contribution in [0.1, 0.15) is 20.3 Å². The van der Waals surface area contributed by atoms with E-state index in [9.17, 15) is 0 Å². The number of hydrogen-bond donors (Lipinski definition) is 2. The maximum atomic E-state index is 5.50. The largest absolute Gasteiger partial charge is 0.329 e. The fourth-order valence-electron chi connectivity index (χ4n) is 0.919. The second kappa shape index (κ2) is 4.77. The van der Waals surface area contributed by atoms with Crippen LogP contribution in [0.3, 0.4) is 0 Å². The van der Waals surface area contributed by atoms with Gasteiger partial charge in [-0.1, -0.05) is 20.3 Å². The molecule has 2 heteroatoms. The molecule has 3 N–H and O–H groups in total. The first-order valence-corrected chi connectivity index (χ1v) is 3.63. The molecule has 0 aromatic rings. The molecule has 0 bridgehead atoms. The van der Waals surface area contributed by atoms with Gasteiger partial charge in [0.1, 0.15) is 0 Å². The van der Waals surface area contributed by atoms with Gasteiger partial charge in [-0.05, 0) is 13.0 Å². The Morgan fingerprint density at radius 2 is 2.11 bits per heavy atom. The third-order valence-electron chi connectivity index (χ3n) is 1.96. The van der Waals surface area contributed by atoms with Gasteiger partial charge in [0.2, 0.25) is 0 Å². The Labute approximate surface area is 57.8 Å². The highest BCUT2D eigenvalue weighted by Gasteiger charge is 2.09. The van der Waals surface area contributed by atoms with Gasteiger partial charge in [0.05, 0.1) is 0 Å². The lowest BCUT2D eigenvalue weighted by Crippen LogP contribution is -2.38. The van der Waals surface area contributed by atoms with Crippen molar-refractivity contribution in [2.24, 2.45) is 11.7 Å². The van der Waals surface area contributed by atoms with Crippen LogP contribution in [0, 0.1) is 5.92 Å². The molecular formula is C7H18N2. The van der Waals surface area contributed by atoms with E-state index in [0.717, 1.165) is 6.54 Å². The van der Waals surface area contributed by atoms with Crippen LogP contribution in [-0.2, 0) is 0 Å². The van der Waals surface area contributed by atoms with E-state index in [4.69, 9.17) is 5.73 Å². The van der Waals surface area contributed by atoms with Crippen LogP contribution in [0.5, 0.6) is 0 Å². The van der Waals surface area contributed by atoms with Gasteiger partial charge in [-0.3, -0.25) is 0 Å². The summed E-state index contributed by atoms with van der Waals surface area (Å²) in [4.78, 5) is 0. The predicted molar refractivity (Wildman–Crippen MR) is 41.4 cm³/mol. The number of nitrogens with two attached hydrogens (primary N) is 1. The van der Waals surface area contributed by atoms with Crippen molar-refractivity contribution in [3.05, 3.63) is 0 Å². The number of nitrogens with one attached hydrogen (secondary N) is 1. The van der Waals surface area contributed by atoms with Gasteiger partial charge in [0.25, 0.3) is 0 Å². The summed E-state index contributed by atoms with van der Waals surface area (Å²) in [5.41, 5.74) is 5.50. The van der Waals surface area contributed by atoms with Crippen molar-refractivity contribution in [2.45, 2.75) is 26.3 Å². The van der Waals surface area contributed by atoms with E-state index in [1.54, 1.807) is 0 Å². The number of hydrogen-bond acceptors (Lipinski definition) is 2. The lowest BCUT2D eigenvalue weighted by Gasteiger charge is -2.19. The van der Waals surface area contributed by atoms with E-state index in [2.05, 4.69) is 19.2 Å². The molecule has 0 fully saturated rings. The molecule has 0 saturated heterocycles. The highest BCUT2D eigenvalue weighted by molar-refractivity contribution is 4.70. The molecule has 9 heavy (non-hydrogen) atoms. The molecule has 0 unspecified atom stereocenters. The van der Waals surface area contributed by atoms with Gasteiger partial charge in [0, 0.05) is 12.6 Å². The summed E-state index contributed by atoms with van der Waals surface area (Å²) in [5, 5.41) is 3.18. The third-order valence-corrected chi connectivity index (χ3v) is 1.96. The normalized spacial score (nSPS) is 17.3. The maximum absolute atomic E-state index is 5.50. The van der Waals surface area contributed by atoms with Gasteiger partial charge in [-0.25, -0.2) is 0 Å². The molecule has 0 spiro atoms. The zero-order chi connectivity index (χ0) is 7.28. The Hall–Kier alpha value is -0.0800. The molecule has 0 aliphatic heterocycles. The topological polar surface area (TPSA) is 38.0 Å². The molecule has 2 atom stereocenters. The fraction of sp³-hybridized carbons (Fsp3) is 1.00. The van der Waals surface area contributed by atoms with Gasteiger partial charge >= 0.3 is 0 Å². The second-order valence-corrected chi connectivity index (χ2v) is 2.52. The monoisotopic (exact) mass is 130 g/mol. The van der Waals surface area contributed by atoms with Crippen molar-refractivity contribution in [1.29, 1.82) is 0 Å².